The van der Waals surface area contributed by atoms with Gasteiger partial charge >= 0.3 is 0 Å². The van der Waals surface area contributed by atoms with Crippen LogP contribution in [0.2, 0.25) is 0 Å². The smallest absolute Gasteiger partial charge is 0.241 e. The fourth-order valence-electron chi connectivity index (χ4n) is 2.45. The quantitative estimate of drug-likeness (QED) is 0.730. The molecular formula is C13H14N4S. The maximum atomic E-state index is 5.65. The van der Waals surface area contributed by atoms with Crippen LogP contribution in [0.25, 0.3) is 16.2 Å². The summed E-state index contributed by atoms with van der Waals surface area (Å²) in [6.45, 7) is 6.36. The molecule has 92 valence electrons. The fourth-order valence-corrected chi connectivity index (χ4v) is 3.27. The molecule has 0 atom stereocenters. The van der Waals surface area contributed by atoms with Crippen LogP contribution in [-0.4, -0.2) is 14.6 Å². The number of aryl methyl sites for hydroxylation is 3. The number of fused-ring (bicyclic) bond motifs is 1. The predicted octanol–water partition coefficient (Wildman–Crippen LogP) is 2.97. The Morgan fingerprint density at radius 2 is 1.83 bits per heavy atom. The van der Waals surface area contributed by atoms with Crippen LogP contribution in [0.3, 0.4) is 0 Å². The number of nitrogen functional groups attached to an aromatic ring is 1. The zero-order chi connectivity index (χ0) is 12.9. The summed E-state index contributed by atoms with van der Waals surface area (Å²) in [7, 11) is 0. The monoisotopic (exact) mass is 258 g/mol. The lowest BCUT2D eigenvalue weighted by Gasteiger charge is -2.09. The van der Waals surface area contributed by atoms with E-state index < -0.39 is 0 Å². The molecule has 2 aromatic heterocycles. The lowest BCUT2D eigenvalue weighted by molar-refractivity contribution is 0.988. The van der Waals surface area contributed by atoms with Crippen LogP contribution >= 0.6 is 11.3 Å². The third-order valence-corrected chi connectivity index (χ3v) is 3.85. The van der Waals surface area contributed by atoms with Gasteiger partial charge in [0.1, 0.15) is 0 Å². The molecule has 0 aliphatic rings. The van der Waals surface area contributed by atoms with Crippen LogP contribution < -0.4 is 5.73 Å². The van der Waals surface area contributed by atoms with Crippen LogP contribution in [0, 0.1) is 20.8 Å². The van der Waals surface area contributed by atoms with E-state index in [0.717, 1.165) is 10.7 Å². The second-order valence-electron chi connectivity index (χ2n) is 4.56. The highest BCUT2D eigenvalue weighted by Crippen LogP contribution is 2.31. The normalized spacial score (nSPS) is 11.3. The molecule has 2 N–H and O–H groups in total. The number of benzene rings is 1. The van der Waals surface area contributed by atoms with E-state index in [4.69, 9.17) is 5.73 Å². The summed E-state index contributed by atoms with van der Waals surface area (Å²) in [5, 5.41) is 6.33. The van der Waals surface area contributed by atoms with Gasteiger partial charge in [0, 0.05) is 10.9 Å². The van der Waals surface area contributed by atoms with Crippen LogP contribution in [0.5, 0.6) is 0 Å². The first-order valence-corrected chi connectivity index (χ1v) is 6.62. The number of nitrogens with two attached hydrogens (primary N) is 1. The second-order valence-corrected chi connectivity index (χ2v) is 5.40. The van der Waals surface area contributed by atoms with Crippen LogP contribution in [-0.2, 0) is 0 Å². The summed E-state index contributed by atoms with van der Waals surface area (Å²) >= 11 is 1.56. The molecule has 2 heterocycles. The first-order chi connectivity index (χ1) is 8.56. The molecule has 0 bridgehead atoms. The molecule has 3 aromatic rings. The first kappa shape index (κ1) is 11.2. The van der Waals surface area contributed by atoms with Crippen molar-refractivity contribution in [2.24, 2.45) is 0 Å². The van der Waals surface area contributed by atoms with Gasteiger partial charge in [-0.1, -0.05) is 17.7 Å². The molecule has 18 heavy (non-hydrogen) atoms. The molecule has 0 saturated heterocycles. The summed E-state index contributed by atoms with van der Waals surface area (Å²) in [6, 6.07) is 4.37. The number of anilines is 1. The van der Waals surface area contributed by atoms with Gasteiger partial charge in [-0.2, -0.15) is 4.98 Å². The van der Waals surface area contributed by atoms with Crippen LogP contribution in [0.4, 0.5) is 5.95 Å². The Kier molecular flexibility index (Phi) is 2.38. The molecule has 0 aliphatic heterocycles. The number of nitrogens with zero attached hydrogens (tertiary/aromatic N) is 3. The number of hydrogen-bond donors (Lipinski definition) is 1. The van der Waals surface area contributed by atoms with Gasteiger partial charge < -0.3 is 5.73 Å². The average Bonchev–Trinajstić information content (AvgIpc) is 2.77. The third kappa shape index (κ3) is 1.59. The number of rotatable bonds is 1. The highest BCUT2D eigenvalue weighted by molar-refractivity contribution is 7.15. The fraction of sp³-hybridized carbons (Fsp3) is 0.231. The predicted molar refractivity (Wildman–Crippen MR) is 74.9 cm³/mol. The maximum Gasteiger partial charge on any atom is 0.241 e. The number of thiazole rings is 1. The molecule has 0 spiro atoms. The van der Waals surface area contributed by atoms with Crippen molar-refractivity contribution in [3.8, 4) is 11.3 Å². The highest BCUT2D eigenvalue weighted by atomic mass is 32.1. The minimum atomic E-state index is 0.325. The van der Waals surface area contributed by atoms with Crippen molar-refractivity contribution in [1.82, 2.24) is 14.6 Å². The van der Waals surface area contributed by atoms with Crippen molar-refractivity contribution in [3.05, 3.63) is 34.2 Å². The lowest BCUT2D eigenvalue weighted by atomic mass is 9.98. The van der Waals surface area contributed by atoms with Gasteiger partial charge in [-0.3, -0.25) is 0 Å². The largest absolute Gasteiger partial charge is 0.366 e. The molecule has 1 aromatic carbocycles. The average molecular weight is 258 g/mol. The SMILES string of the molecule is Cc1cc(C)c(-c2csc3nc(N)nn23)c(C)c1. The van der Waals surface area contributed by atoms with Crippen molar-refractivity contribution in [3.63, 3.8) is 0 Å². The zero-order valence-electron chi connectivity index (χ0n) is 10.6. The molecule has 0 aliphatic carbocycles. The molecular weight excluding hydrogens is 244 g/mol. The molecule has 4 nitrogen and oxygen atoms in total. The van der Waals surface area contributed by atoms with E-state index in [1.165, 1.54) is 22.3 Å². The van der Waals surface area contributed by atoms with E-state index in [1.54, 1.807) is 11.3 Å². The van der Waals surface area contributed by atoms with Crippen molar-refractivity contribution < 1.29 is 0 Å². The Morgan fingerprint density at radius 3 is 2.50 bits per heavy atom. The number of aromatic nitrogens is 3. The van der Waals surface area contributed by atoms with E-state index in [9.17, 15) is 0 Å². The summed E-state index contributed by atoms with van der Waals surface area (Å²) in [5.74, 6) is 0.325. The molecule has 0 amide bonds. The second kappa shape index (κ2) is 3.81. The third-order valence-electron chi connectivity index (χ3n) is 3.03. The highest BCUT2D eigenvalue weighted by Gasteiger charge is 2.14. The minimum Gasteiger partial charge on any atom is -0.366 e. The zero-order valence-corrected chi connectivity index (χ0v) is 11.4. The minimum absolute atomic E-state index is 0.325. The standard InChI is InChI=1S/C13H14N4S/c1-7-4-8(2)11(9(3)5-7)10-6-18-13-15-12(14)16-17(10)13/h4-6H,1-3H3,(H2,14,16). The van der Waals surface area contributed by atoms with Crippen molar-refractivity contribution in [2.75, 3.05) is 5.73 Å². The lowest BCUT2D eigenvalue weighted by Crippen LogP contribution is -1.95. The Labute approximate surface area is 109 Å². The van der Waals surface area contributed by atoms with Gasteiger partial charge in [-0.15, -0.1) is 16.4 Å². The van der Waals surface area contributed by atoms with Gasteiger partial charge in [0.05, 0.1) is 5.69 Å². The van der Waals surface area contributed by atoms with Gasteiger partial charge in [0.25, 0.3) is 0 Å². The Morgan fingerprint density at radius 1 is 1.17 bits per heavy atom. The van der Waals surface area contributed by atoms with Crippen molar-refractivity contribution in [2.45, 2.75) is 20.8 Å². The van der Waals surface area contributed by atoms with E-state index in [0.29, 0.717) is 5.95 Å². The van der Waals surface area contributed by atoms with Crippen molar-refractivity contribution in [1.29, 1.82) is 0 Å². The van der Waals surface area contributed by atoms with E-state index in [-0.39, 0.29) is 0 Å². The summed E-state index contributed by atoms with van der Waals surface area (Å²) in [5.41, 5.74) is 11.7. The van der Waals surface area contributed by atoms with E-state index >= 15 is 0 Å². The first-order valence-electron chi connectivity index (χ1n) is 5.74. The van der Waals surface area contributed by atoms with E-state index in [2.05, 4.69) is 48.4 Å². The Hall–Kier alpha value is -1.88. The van der Waals surface area contributed by atoms with Crippen molar-refractivity contribution >= 4 is 22.2 Å². The molecule has 5 heteroatoms. The van der Waals surface area contributed by atoms with Crippen LogP contribution in [0.15, 0.2) is 17.5 Å². The van der Waals surface area contributed by atoms with Gasteiger partial charge in [-0.05, 0) is 31.9 Å². The Bertz CT molecular complexity index is 716. The molecule has 0 unspecified atom stereocenters. The molecule has 0 fully saturated rings. The topological polar surface area (TPSA) is 56.2 Å². The summed E-state index contributed by atoms with van der Waals surface area (Å²) in [4.78, 5) is 5.02. The van der Waals surface area contributed by atoms with Gasteiger partial charge in [0.15, 0.2) is 0 Å². The molecule has 0 radical (unpaired) electrons. The molecule has 0 saturated carbocycles. The van der Waals surface area contributed by atoms with Gasteiger partial charge in [0.2, 0.25) is 10.9 Å². The Balaban J connectivity index is 2.32. The molecule has 3 rings (SSSR count). The maximum absolute atomic E-state index is 5.65. The van der Waals surface area contributed by atoms with Gasteiger partial charge in [-0.25, -0.2) is 4.52 Å². The van der Waals surface area contributed by atoms with E-state index in [1.807, 2.05) is 4.52 Å². The summed E-state index contributed by atoms with van der Waals surface area (Å²) in [6.07, 6.45) is 0. The summed E-state index contributed by atoms with van der Waals surface area (Å²) < 4.78 is 1.82. The number of hydrogen-bond acceptors (Lipinski definition) is 4. The van der Waals surface area contributed by atoms with Crippen LogP contribution in [0.1, 0.15) is 16.7 Å².